The Labute approximate surface area is 92.7 Å². The third-order valence-electron chi connectivity index (χ3n) is 1.89. The molecule has 0 bridgehead atoms. The van der Waals surface area contributed by atoms with Gasteiger partial charge in [0, 0.05) is 13.1 Å². The zero-order chi connectivity index (χ0) is 11.7. The Kier molecular flexibility index (Phi) is 7.29. The summed E-state index contributed by atoms with van der Waals surface area (Å²) in [5.74, 6) is 0.162. The van der Waals surface area contributed by atoms with Crippen LogP contribution in [0.4, 0.5) is 0 Å². The van der Waals surface area contributed by atoms with Crippen molar-refractivity contribution in [3.8, 4) is 0 Å². The van der Waals surface area contributed by atoms with Crippen LogP contribution in [-0.4, -0.2) is 45.2 Å². The van der Waals surface area contributed by atoms with Crippen LogP contribution in [0, 0.1) is 0 Å². The topological polar surface area (TPSA) is 49.4 Å². The molecule has 0 saturated heterocycles. The van der Waals surface area contributed by atoms with Crippen LogP contribution in [0.1, 0.15) is 6.42 Å². The standard InChI is InChI=1S/C10H20N2O2S/c1-4-8-12(9-5-2)15(13,14)10-6-7-11-3/h4-5,11H,1-2,6-10H2,3H3. The molecule has 0 rings (SSSR count). The monoisotopic (exact) mass is 232 g/mol. The summed E-state index contributed by atoms with van der Waals surface area (Å²) in [6, 6.07) is 0. The van der Waals surface area contributed by atoms with Gasteiger partial charge in [-0.1, -0.05) is 12.2 Å². The van der Waals surface area contributed by atoms with E-state index < -0.39 is 10.0 Å². The summed E-state index contributed by atoms with van der Waals surface area (Å²) in [4.78, 5) is 0. The van der Waals surface area contributed by atoms with E-state index in [1.807, 2.05) is 0 Å². The minimum Gasteiger partial charge on any atom is -0.320 e. The first-order chi connectivity index (χ1) is 7.08. The molecule has 0 aliphatic heterocycles. The summed E-state index contributed by atoms with van der Waals surface area (Å²) in [6.45, 7) is 8.47. The second-order valence-electron chi connectivity index (χ2n) is 3.17. The fraction of sp³-hybridized carbons (Fsp3) is 0.600. The zero-order valence-electron chi connectivity index (χ0n) is 9.28. The minimum absolute atomic E-state index is 0.162. The number of nitrogens with one attached hydrogen (secondary N) is 1. The van der Waals surface area contributed by atoms with Gasteiger partial charge in [-0.15, -0.1) is 13.2 Å². The highest BCUT2D eigenvalue weighted by Gasteiger charge is 2.18. The van der Waals surface area contributed by atoms with Gasteiger partial charge in [0.1, 0.15) is 0 Å². The summed E-state index contributed by atoms with van der Waals surface area (Å²) in [5, 5.41) is 2.92. The highest BCUT2D eigenvalue weighted by atomic mass is 32.2. The SMILES string of the molecule is C=CCN(CC=C)S(=O)(=O)CCCNC. The summed E-state index contributed by atoms with van der Waals surface area (Å²) in [6.07, 6.45) is 3.78. The van der Waals surface area contributed by atoms with Gasteiger partial charge in [0.2, 0.25) is 10.0 Å². The van der Waals surface area contributed by atoms with Crippen LogP contribution < -0.4 is 5.32 Å². The molecule has 4 nitrogen and oxygen atoms in total. The van der Waals surface area contributed by atoms with Crippen molar-refractivity contribution in [3.63, 3.8) is 0 Å². The first-order valence-corrected chi connectivity index (χ1v) is 6.53. The second-order valence-corrected chi connectivity index (χ2v) is 5.26. The van der Waals surface area contributed by atoms with Crippen molar-refractivity contribution in [3.05, 3.63) is 25.3 Å². The molecular formula is C10H20N2O2S. The molecule has 0 fully saturated rings. The smallest absolute Gasteiger partial charge is 0.214 e. The Hall–Kier alpha value is -0.650. The van der Waals surface area contributed by atoms with Crippen LogP contribution in [0.3, 0.4) is 0 Å². The van der Waals surface area contributed by atoms with Crippen molar-refractivity contribution in [1.29, 1.82) is 0 Å². The molecule has 0 aliphatic rings. The molecule has 0 aromatic carbocycles. The van der Waals surface area contributed by atoms with Gasteiger partial charge in [0.15, 0.2) is 0 Å². The maximum Gasteiger partial charge on any atom is 0.214 e. The van der Waals surface area contributed by atoms with Crippen LogP contribution in [0.15, 0.2) is 25.3 Å². The van der Waals surface area contributed by atoms with E-state index in [4.69, 9.17) is 0 Å². The molecule has 0 unspecified atom stereocenters. The maximum atomic E-state index is 11.8. The molecule has 0 saturated carbocycles. The van der Waals surface area contributed by atoms with Gasteiger partial charge in [0.05, 0.1) is 5.75 Å². The summed E-state index contributed by atoms with van der Waals surface area (Å²) >= 11 is 0. The number of hydrogen-bond donors (Lipinski definition) is 1. The van der Waals surface area contributed by atoms with E-state index in [0.29, 0.717) is 26.1 Å². The van der Waals surface area contributed by atoms with E-state index in [2.05, 4.69) is 18.5 Å². The molecule has 0 aromatic rings. The van der Waals surface area contributed by atoms with Gasteiger partial charge < -0.3 is 5.32 Å². The van der Waals surface area contributed by atoms with Crippen LogP contribution >= 0.6 is 0 Å². The fourth-order valence-corrected chi connectivity index (χ4v) is 2.58. The van der Waals surface area contributed by atoms with Gasteiger partial charge in [-0.3, -0.25) is 0 Å². The molecule has 5 heteroatoms. The first kappa shape index (κ1) is 14.3. The Balaban J connectivity index is 4.34. The Morgan fingerprint density at radius 3 is 2.20 bits per heavy atom. The minimum atomic E-state index is -3.17. The molecule has 0 radical (unpaired) electrons. The van der Waals surface area contributed by atoms with Gasteiger partial charge >= 0.3 is 0 Å². The highest BCUT2D eigenvalue weighted by molar-refractivity contribution is 7.89. The van der Waals surface area contributed by atoms with Gasteiger partial charge in [-0.25, -0.2) is 8.42 Å². The van der Waals surface area contributed by atoms with Crippen molar-refractivity contribution in [2.75, 3.05) is 32.4 Å². The summed E-state index contributed by atoms with van der Waals surface area (Å²) in [5.41, 5.74) is 0. The molecule has 0 aliphatic carbocycles. The van der Waals surface area contributed by atoms with Gasteiger partial charge in [-0.05, 0) is 20.0 Å². The Morgan fingerprint density at radius 1 is 1.27 bits per heavy atom. The average molecular weight is 232 g/mol. The molecular weight excluding hydrogens is 212 g/mol. The van der Waals surface area contributed by atoms with Crippen LogP contribution in [0.5, 0.6) is 0 Å². The molecule has 0 spiro atoms. The number of hydrogen-bond acceptors (Lipinski definition) is 3. The number of sulfonamides is 1. The van der Waals surface area contributed by atoms with Crippen molar-refractivity contribution >= 4 is 10.0 Å². The number of rotatable bonds is 9. The lowest BCUT2D eigenvalue weighted by atomic mass is 10.5. The summed E-state index contributed by atoms with van der Waals surface area (Å²) < 4.78 is 25.0. The van der Waals surface area contributed by atoms with E-state index in [1.54, 1.807) is 19.2 Å². The van der Waals surface area contributed by atoms with E-state index in [9.17, 15) is 8.42 Å². The third-order valence-corrected chi connectivity index (χ3v) is 3.78. The van der Waals surface area contributed by atoms with Crippen LogP contribution in [0.25, 0.3) is 0 Å². The van der Waals surface area contributed by atoms with E-state index >= 15 is 0 Å². The van der Waals surface area contributed by atoms with Crippen molar-refractivity contribution < 1.29 is 8.42 Å². The normalized spacial score (nSPS) is 11.6. The molecule has 0 heterocycles. The predicted octanol–water partition coefficient (Wildman–Crippen LogP) is 0.600. The van der Waals surface area contributed by atoms with E-state index in [-0.39, 0.29) is 5.75 Å². The maximum absolute atomic E-state index is 11.8. The van der Waals surface area contributed by atoms with Crippen LogP contribution in [-0.2, 0) is 10.0 Å². The fourth-order valence-electron chi connectivity index (χ4n) is 1.15. The molecule has 0 atom stereocenters. The Bertz CT molecular complexity index is 276. The van der Waals surface area contributed by atoms with Gasteiger partial charge in [-0.2, -0.15) is 4.31 Å². The predicted molar refractivity (Wildman–Crippen MR) is 64.3 cm³/mol. The largest absolute Gasteiger partial charge is 0.320 e. The van der Waals surface area contributed by atoms with Crippen LogP contribution in [0.2, 0.25) is 0 Å². The second kappa shape index (κ2) is 7.62. The average Bonchev–Trinajstić information content (AvgIpc) is 2.18. The molecule has 1 N–H and O–H groups in total. The Morgan fingerprint density at radius 2 is 1.80 bits per heavy atom. The van der Waals surface area contributed by atoms with E-state index in [1.165, 1.54) is 4.31 Å². The highest BCUT2D eigenvalue weighted by Crippen LogP contribution is 2.03. The molecule has 0 aromatic heterocycles. The van der Waals surface area contributed by atoms with E-state index in [0.717, 1.165) is 0 Å². The molecule has 88 valence electrons. The summed E-state index contributed by atoms with van der Waals surface area (Å²) in [7, 11) is -1.36. The lowest BCUT2D eigenvalue weighted by molar-refractivity contribution is 0.472. The van der Waals surface area contributed by atoms with Crippen molar-refractivity contribution in [1.82, 2.24) is 9.62 Å². The number of nitrogens with zero attached hydrogens (tertiary/aromatic N) is 1. The van der Waals surface area contributed by atoms with Crippen molar-refractivity contribution in [2.45, 2.75) is 6.42 Å². The lowest BCUT2D eigenvalue weighted by Crippen LogP contribution is -2.34. The third kappa shape index (κ3) is 5.71. The zero-order valence-corrected chi connectivity index (χ0v) is 10.1. The quantitative estimate of drug-likeness (QED) is 0.468. The van der Waals surface area contributed by atoms with Gasteiger partial charge in [0.25, 0.3) is 0 Å². The molecule has 15 heavy (non-hydrogen) atoms. The first-order valence-electron chi connectivity index (χ1n) is 4.92. The lowest BCUT2D eigenvalue weighted by Gasteiger charge is -2.18. The van der Waals surface area contributed by atoms with Crippen molar-refractivity contribution in [2.24, 2.45) is 0 Å². The molecule has 0 amide bonds.